The fourth-order valence-corrected chi connectivity index (χ4v) is 2.55. The molecular weight excluding hydrogens is 319 g/mol. The Morgan fingerprint density at radius 3 is 2.52 bits per heavy atom. The van der Waals surface area contributed by atoms with Gasteiger partial charge in [0.1, 0.15) is 11.3 Å². The summed E-state index contributed by atoms with van der Waals surface area (Å²) in [5.41, 5.74) is 2.53. The Kier molecular flexibility index (Phi) is 3.74. The molecule has 0 radical (unpaired) electrons. The average molecular weight is 332 g/mol. The van der Waals surface area contributed by atoms with Crippen LogP contribution in [0.5, 0.6) is 0 Å². The molecule has 1 amide bonds. The Morgan fingerprint density at radius 2 is 1.72 bits per heavy atom. The number of hydrogen-bond acceptors (Lipinski definition) is 3. The van der Waals surface area contributed by atoms with E-state index in [0.717, 1.165) is 0 Å². The third-order valence-electron chi connectivity index (χ3n) is 3.79. The van der Waals surface area contributed by atoms with Gasteiger partial charge < -0.3 is 9.73 Å². The third kappa shape index (κ3) is 2.99. The van der Waals surface area contributed by atoms with Crippen LogP contribution in [0.1, 0.15) is 10.4 Å². The van der Waals surface area contributed by atoms with Crippen LogP contribution in [0.25, 0.3) is 22.6 Å². The number of carbonyl (C=O) groups is 1. The molecule has 0 saturated carbocycles. The summed E-state index contributed by atoms with van der Waals surface area (Å²) in [4.78, 5) is 16.5. The molecule has 4 aromatic rings. The fourth-order valence-electron chi connectivity index (χ4n) is 2.55. The first-order chi connectivity index (χ1) is 12.2. The molecule has 0 spiro atoms. The maximum Gasteiger partial charge on any atom is 0.255 e. The largest absolute Gasteiger partial charge is 0.436 e. The first-order valence-electron chi connectivity index (χ1n) is 7.72. The maximum absolute atomic E-state index is 13.9. The highest BCUT2D eigenvalue weighted by Crippen LogP contribution is 2.27. The van der Waals surface area contributed by atoms with Crippen molar-refractivity contribution in [1.29, 1.82) is 0 Å². The first kappa shape index (κ1) is 15.1. The minimum absolute atomic E-state index is 0.208. The van der Waals surface area contributed by atoms with Crippen molar-refractivity contribution in [2.24, 2.45) is 0 Å². The van der Waals surface area contributed by atoms with Gasteiger partial charge in [-0.25, -0.2) is 9.37 Å². The number of oxazole rings is 1. The summed E-state index contributed by atoms with van der Waals surface area (Å²) in [6.45, 7) is 0. The zero-order valence-corrected chi connectivity index (χ0v) is 13.1. The Hall–Kier alpha value is -3.47. The highest BCUT2D eigenvalue weighted by Gasteiger charge is 2.13. The quantitative estimate of drug-likeness (QED) is 0.581. The second-order valence-electron chi connectivity index (χ2n) is 5.50. The molecule has 5 heteroatoms. The number of rotatable bonds is 3. The van der Waals surface area contributed by atoms with Crippen molar-refractivity contribution in [2.45, 2.75) is 0 Å². The van der Waals surface area contributed by atoms with Crippen LogP contribution in [0.4, 0.5) is 10.1 Å². The van der Waals surface area contributed by atoms with Crippen molar-refractivity contribution in [2.75, 3.05) is 5.32 Å². The molecule has 0 saturated heterocycles. The van der Waals surface area contributed by atoms with Crippen molar-refractivity contribution in [3.63, 3.8) is 0 Å². The summed E-state index contributed by atoms with van der Waals surface area (Å²) in [5.74, 6) is -0.399. The molecule has 1 aromatic heterocycles. The number of benzene rings is 3. The molecule has 3 aromatic carbocycles. The Bertz CT molecular complexity index is 1060. The first-order valence-corrected chi connectivity index (χ1v) is 7.72. The lowest BCUT2D eigenvalue weighted by Crippen LogP contribution is -2.11. The molecular formula is C20H13FN2O2. The van der Waals surface area contributed by atoms with Crippen LogP contribution in [0.3, 0.4) is 0 Å². The van der Waals surface area contributed by atoms with Crippen molar-refractivity contribution >= 4 is 22.7 Å². The number of aromatic nitrogens is 1. The zero-order valence-electron chi connectivity index (χ0n) is 13.1. The maximum atomic E-state index is 13.9. The molecule has 1 heterocycles. The summed E-state index contributed by atoms with van der Waals surface area (Å²) < 4.78 is 19.5. The SMILES string of the molecule is O=C(Nc1ccc2oc(-c3ccccc3F)nc2c1)c1ccccc1. The Balaban J connectivity index is 1.65. The second kappa shape index (κ2) is 6.20. The monoisotopic (exact) mass is 332 g/mol. The van der Waals surface area contributed by atoms with Crippen LogP contribution in [0.15, 0.2) is 77.2 Å². The predicted molar refractivity (Wildman–Crippen MR) is 93.8 cm³/mol. The van der Waals surface area contributed by atoms with Gasteiger partial charge in [0.2, 0.25) is 5.89 Å². The minimum atomic E-state index is -0.397. The lowest BCUT2D eigenvalue weighted by atomic mass is 10.2. The lowest BCUT2D eigenvalue weighted by molar-refractivity contribution is 0.102. The van der Waals surface area contributed by atoms with Gasteiger partial charge in [0.05, 0.1) is 5.56 Å². The third-order valence-corrected chi connectivity index (χ3v) is 3.79. The van der Waals surface area contributed by atoms with Crippen molar-refractivity contribution in [1.82, 2.24) is 4.98 Å². The van der Waals surface area contributed by atoms with Gasteiger partial charge in [0.15, 0.2) is 5.58 Å². The van der Waals surface area contributed by atoms with Crippen LogP contribution in [-0.2, 0) is 0 Å². The fraction of sp³-hybridized carbons (Fsp3) is 0. The van der Waals surface area contributed by atoms with E-state index in [1.54, 1.807) is 60.7 Å². The smallest absolute Gasteiger partial charge is 0.255 e. The number of hydrogen-bond donors (Lipinski definition) is 1. The van der Waals surface area contributed by atoms with Crippen LogP contribution in [0, 0.1) is 5.82 Å². The summed E-state index contributed by atoms with van der Waals surface area (Å²) in [5, 5.41) is 2.82. The predicted octanol–water partition coefficient (Wildman–Crippen LogP) is 4.89. The molecule has 0 fully saturated rings. The summed E-state index contributed by atoms with van der Waals surface area (Å²) in [6.07, 6.45) is 0. The number of carbonyl (C=O) groups excluding carboxylic acids is 1. The highest BCUT2D eigenvalue weighted by atomic mass is 19.1. The van der Waals surface area contributed by atoms with E-state index >= 15 is 0 Å². The topological polar surface area (TPSA) is 55.1 Å². The summed E-state index contributed by atoms with van der Waals surface area (Å²) >= 11 is 0. The molecule has 0 unspecified atom stereocenters. The molecule has 122 valence electrons. The van der Waals surface area contributed by atoms with Gasteiger partial charge in [-0.2, -0.15) is 0 Å². The second-order valence-corrected chi connectivity index (χ2v) is 5.50. The van der Waals surface area contributed by atoms with E-state index in [-0.39, 0.29) is 11.8 Å². The molecule has 0 aliphatic rings. The average Bonchev–Trinajstić information content (AvgIpc) is 3.06. The number of fused-ring (bicyclic) bond motifs is 1. The minimum Gasteiger partial charge on any atom is -0.436 e. The normalized spacial score (nSPS) is 10.8. The van der Waals surface area contributed by atoms with Gasteiger partial charge in [-0.1, -0.05) is 30.3 Å². The Labute approximate surface area is 142 Å². The lowest BCUT2D eigenvalue weighted by Gasteiger charge is -2.04. The van der Waals surface area contributed by atoms with Gasteiger partial charge in [0.25, 0.3) is 5.91 Å². The van der Waals surface area contributed by atoms with Crippen molar-refractivity contribution in [3.05, 3.63) is 84.2 Å². The van der Waals surface area contributed by atoms with E-state index in [0.29, 0.717) is 27.9 Å². The molecule has 0 bridgehead atoms. The molecule has 25 heavy (non-hydrogen) atoms. The van der Waals surface area contributed by atoms with Crippen molar-refractivity contribution in [3.8, 4) is 11.5 Å². The van der Waals surface area contributed by atoms with Crippen LogP contribution >= 0.6 is 0 Å². The van der Waals surface area contributed by atoms with E-state index in [1.165, 1.54) is 6.07 Å². The van der Waals surface area contributed by atoms with Gasteiger partial charge in [-0.15, -0.1) is 0 Å². The van der Waals surface area contributed by atoms with Gasteiger partial charge >= 0.3 is 0 Å². The van der Waals surface area contributed by atoms with Crippen LogP contribution < -0.4 is 5.32 Å². The number of amides is 1. The number of nitrogens with zero attached hydrogens (tertiary/aromatic N) is 1. The molecule has 0 aliphatic heterocycles. The van der Waals surface area contributed by atoms with Gasteiger partial charge in [0, 0.05) is 11.3 Å². The van der Waals surface area contributed by atoms with Crippen LogP contribution in [0.2, 0.25) is 0 Å². The zero-order chi connectivity index (χ0) is 17.2. The van der Waals surface area contributed by atoms with Gasteiger partial charge in [-0.3, -0.25) is 4.79 Å². The molecule has 0 atom stereocenters. The van der Waals surface area contributed by atoms with E-state index in [4.69, 9.17) is 4.42 Å². The van der Waals surface area contributed by atoms with E-state index in [1.807, 2.05) is 6.07 Å². The summed E-state index contributed by atoms with van der Waals surface area (Å²) in [7, 11) is 0. The van der Waals surface area contributed by atoms with E-state index in [2.05, 4.69) is 10.3 Å². The van der Waals surface area contributed by atoms with Crippen LogP contribution in [-0.4, -0.2) is 10.9 Å². The molecule has 4 nitrogen and oxygen atoms in total. The number of anilines is 1. The van der Waals surface area contributed by atoms with Gasteiger partial charge in [-0.05, 0) is 42.5 Å². The standard InChI is InChI=1S/C20H13FN2O2/c21-16-9-5-4-8-15(16)20-23-17-12-14(10-11-18(17)25-20)22-19(24)13-6-2-1-3-7-13/h1-12H,(H,22,24). The summed E-state index contributed by atoms with van der Waals surface area (Å²) in [6, 6.07) is 20.3. The molecule has 4 rings (SSSR count). The molecule has 1 N–H and O–H groups in total. The Morgan fingerprint density at radius 1 is 0.960 bits per heavy atom. The highest BCUT2D eigenvalue weighted by molar-refractivity contribution is 6.04. The van der Waals surface area contributed by atoms with E-state index < -0.39 is 5.82 Å². The number of halogens is 1. The molecule has 0 aliphatic carbocycles. The van der Waals surface area contributed by atoms with Crippen molar-refractivity contribution < 1.29 is 13.6 Å². The van der Waals surface area contributed by atoms with E-state index in [9.17, 15) is 9.18 Å². The number of nitrogens with one attached hydrogen (secondary N) is 1.